The van der Waals surface area contributed by atoms with E-state index in [9.17, 15) is 15.0 Å². The maximum atomic E-state index is 12.9. The van der Waals surface area contributed by atoms with E-state index < -0.39 is 0 Å². The van der Waals surface area contributed by atoms with E-state index in [1.807, 2.05) is 26.0 Å². The van der Waals surface area contributed by atoms with Crippen LogP contribution in [-0.4, -0.2) is 16.0 Å². The van der Waals surface area contributed by atoms with Gasteiger partial charge in [-0.1, -0.05) is 31.9 Å². The van der Waals surface area contributed by atoms with E-state index in [0.29, 0.717) is 0 Å². The lowest BCUT2D eigenvalue weighted by molar-refractivity contribution is -0.748. The number of ketones is 1. The van der Waals surface area contributed by atoms with Crippen molar-refractivity contribution in [1.29, 1.82) is 0 Å². The molecule has 3 rings (SSSR count). The summed E-state index contributed by atoms with van der Waals surface area (Å²) < 4.78 is 1.71. The lowest BCUT2D eigenvalue weighted by Gasteiger charge is -2.36. The first-order valence-electron chi connectivity index (χ1n) is 8.15. The smallest absolute Gasteiger partial charge is 0.151 e. The van der Waals surface area contributed by atoms with Gasteiger partial charge in [-0.25, -0.2) is 0 Å². The predicted molar refractivity (Wildman–Crippen MR) is 102 cm³/mol. The van der Waals surface area contributed by atoms with Crippen LogP contribution in [0.25, 0.3) is 0 Å². The Balaban J connectivity index is 2.05. The molecule has 0 radical (unpaired) electrons. The maximum Gasteiger partial charge on any atom is 0.151 e. The van der Waals surface area contributed by atoms with Gasteiger partial charge in [-0.2, -0.15) is 0 Å². The minimum absolute atomic E-state index is 0.135. The first-order valence-corrected chi connectivity index (χ1v) is 9.73. The molecule has 132 valence electrons. The van der Waals surface area contributed by atoms with Crippen LogP contribution in [0.3, 0.4) is 0 Å². The Bertz CT molecular complexity index is 759. The quantitative estimate of drug-likeness (QED) is 0.625. The highest BCUT2D eigenvalue weighted by Crippen LogP contribution is 2.39. The Kier molecular flexibility index (Phi) is 5.23. The number of benzene rings is 2. The Morgan fingerprint density at radius 3 is 1.64 bits per heavy atom. The number of halogens is 2. The van der Waals surface area contributed by atoms with Crippen LogP contribution in [0.5, 0.6) is 11.5 Å². The second kappa shape index (κ2) is 7.09. The molecule has 0 saturated carbocycles. The van der Waals surface area contributed by atoms with E-state index in [4.69, 9.17) is 0 Å². The van der Waals surface area contributed by atoms with Crippen LogP contribution in [0.15, 0.2) is 45.3 Å². The van der Waals surface area contributed by atoms with E-state index in [1.165, 1.54) is 0 Å². The van der Waals surface area contributed by atoms with Crippen LogP contribution in [-0.2, 0) is 4.79 Å². The van der Waals surface area contributed by atoms with Crippen LogP contribution in [0, 0.1) is 11.8 Å². The zero-order valence-electron chi connectivity index (χ0n) is 13.9. The van der Waals surface area contributed by atoms with Gasteiger partial charge < -0.3 is 15.5 Å². The Morgan fingerprint density at radius 1 is 0.840 bits per heavy atom. The van der Waals surface area contributed by atoms with Gasteiger partial charge in [-0.05, 0) is 50.2 Å². The number of piperidine rings is 1. The van der Waals surface area contributed by atoms with Crippen LogP contribution in [0.1, 0.15) is 37.1 Å². The summed E-state index contributed by atoms with van der Waals surface area (Å²) in [5.74, 6) is 0.0180. The first-order chi connectivity index (χ1) is 11.8. The molecular formula is C19H20Br2NO3+. The number of nitrogens with two attached hydrogens (primary N) is 1. The number of quaternary nitrogens is 1. The van der Waals surface area contributed by atoms with Crippen LogP contribution in [0.2, 0.25) is 0 Å². The average molecular weight is 470 g/mol. The second-order valence-electron chi connectivity index (χ2n) is 6.63. The third-order valence-corrected chi connectivity index (χ3v) is 6.07. The molecule has 1 aliphatic heterocycles. The number of Topliss-reactive ketones (excluding diaryl/α,β-unsaturated/α-hetero) is 1. The van der Waals surface area contributed by atoms with E-state index >= 15 is 0 Å². The van der Waals surface area contributed by atoms with Crippen molar-refractivity contribution in [1.82, 2.24) is 0 Å². The molecule has 0 aliphatic carbocycles. The molecule has 1 saturated heterocycles. The summed E-state index contributed by atoms with van der Waals surface area (Å²) in [6, 6.07) is 10.1. The molecule has 1 fully saturated rings. The van der Waals surface area contributed by atoms with Crippen molar-refractivity contribution in [2.45, 2.75) is 25.9 Å². The maximum absolute atomic E-state index is 12.9. The molecular weight excluding hydrogens is 450 g/mol. The molecule has 0 unspecified atom stereocenters. The van der Waals surface area contributed by atoms with Gasteiger partial charge in [0.25, 0.3) is 0 Å². The number of rotatable bonds is 2. The lowest BCUT2D eigenvalue weighted by atomic mass is 9.76. The van der Waals surface area contributed by atoms with Crippen molar-refractivity contribution in [2.24, 2.45) is 11.8 Å². The average Bonchev–Trinajstić information content (AvgIpc) is 2.58. The molecule has 1 aliphatic rings. The molecule has 2 aromatic rings. The van der Waals surface area contributed by atoms with Crippen LogP contribution < -0.4 is 5.32 Å². The summed E-state index contributed by atoms with van der Waals surface area (Å²) in [5, 5.41) is 22.7. The highest BCUT2D eigenvalue weighted by atomic mass is 79.9. The standard InChI is InChI=1S/C19H19Br2NO3/c1-9-17(13-7-11(20)3-5-15(13)23)22-18(10(2)19(9)25)14-8-12(21)4-6-16(14)24/h3-10,17-18,22-24H,1-2H3/p+1/t9-,10-,17-,18+/m0/s1. The summed E-state index contributed by atoms with van der Waals surface area (Å²) in [7, 11) is 0. The van der Waals surface area contributed by atoms with E-state index in [-0.39, 0.29) is 41.2 Å². The van der Waals surface area contributed by atoms with E-state index in [0.717, 1.165) is 20.1 Å². The number of carbonyl (C=O) groups is 1. The fourth-order valence-corrected chi connectivity index (χ4v) is 4.41. The Hall–Kier alpha value is -1.37. The Morgan fingerprint density at radius 2 is 1.24 bits per heavy atom. The lowest BCUT2D eigenvalue weighted by Crippen LogP contribution is -2.91. The molecule has 4 nitrogen and oxygen atoms in total. The predicted octanol–water partition coefficient (Wildman–Crippen LogP) is 3.82. The van der Waals surface area contributed by atoms with E-state index in [2.05, 4.69) is 37.2 Å². The molecule has 0 aromatic heterocycles. The molecule has 0 bridgehead atoms. The number of hydrogen-bond acceptors (Lipinski definition) is 3. The zero-order valence-corrected chi connectivity index (χ0v) is 17.1. The largest absolute Gasteiger partial charge is 0.507 e. The molecule has 1 heterocycles. The molecule has 6 heteroatoms. The van der Waals surface area contributed by atoms with Gasteiger partial charge in [-0.3, -0.25) is 4.79 Å². The Labute approximate surface area is 163 Å². The molecule has 0 amide bonds. The fraction of sp³-hybridized carbons (Fsp3) is 0.316. The van der Waals surface area contributed by atoms with Crippen molar-refractivity contribution in [3.05, 3.63) is 56.5 Å². The summed E-state index contributed by atoms with van der Waals surface area (Å²) in [6.07, 6.45) is 0. The van der Waals surface area contributed by atoms with Crippen LogP contribution >= 0.6 is 31.9 Å². The third-order valence-electron chi connectivity index (χ3n) is 5.09. The van der Waals surface area contributed by atoms with Gasteiger partial charge in [0.15, 0.2) is 5.78 Å². The van der Waals surface area contributed by atoms with E-state index in [1.54, 1.807) is 24.3 Å². The SMILES string of the molecule is C[C@@H]1C(=O)[C@@H](C)[C@H](c2cc(Br)ccc2O)[NH2+][C@@H]1c1cc(Br)ccc1O. The molecule has 2 aromatic carbocycles. The van der Waals surface area contributed by atoms with Crippen molar-refractivity contribution >= 4 is 37.6 Å². The third kappa shape index (κ3) is 3.48. The van der Waals surface area contributed by atoms with Gasteiger partial charge in [0, 0.05) is 8.95 Å². The molecule has 0 spiro atoms. The first kappa shape index (κ1) is 18.4. The highest BCUT2D eigenvalue weighted by Gasteiger charge is 2.45. The molecule has 4 N–H and O–H groups in total. The highest BCUT2D eigenvalue weighted by molar-refractivity contribution is 9.10. The van der Waals surface area contributed by atoms with Crippen molar-refractivity contribution in [3.63, 3.8) is 0 Å². The molecule has 4 atom stereocenters. The number of phenols is 2. The fourth-order valence-electron chi connectivity index (χ4n) is 3.66. The summed E-state index contributed by atoms with van der Waals surface area (Å²) in [4.78, 5) is 12.9. The molecule has 25 heavy (non-hydrogen) atoms. The van der Waals surface area contributed by atoms with Gasteiger partial charge in [0.1, 0.15) is 23.6 Å². The van der Waals surface area contributed by atoms with Gasteiger partial charge in [0.2, 0.25) is 0 Å². The summed E-state index contributed by atoms with van der Waals surface area (Å²) in [6.45, 7) is 3.80. The minimum Gasteiger partial charge on any atom is -0.507 e. The van der Waals surface area contributed by atoms with Crippen molar-refractivity contribution < 1.29 is 20.3 Å². The van der Waals surface area contributed by atoms with Gasteiger partial charge in [0.05, 0.1) is 23.0 Å². The minimum atomic E-state index is -0.235. The van der Waals surface area contributed by atoms with Gasteiger partial charge in [-0.15, -0.1) is 0 Å². The number of phenolic OH excluding ortho intramolecular Hbond substituents is 2. The van der Waals surface area contributed by atoms with Crippen LogP contribution in [0.4, 0.5) is 0 Å². The summed E-state index contributed by atoms with van der Waals surface area (Å²) in [5.41, 5.74) is 1.45. The summed E-state index contributed by atoms with van der Waals surface area (Å²) >= 11 is 6.87. The zero-order chi connectivity index (χ0) is 18.3. The topological polar surface area (TPSA) is 74.1 Å². The number of hydrogen-bond donors (Lipinski definition) is 3. The normalized spacial score (nSPS) is 26.6. The number of carbonyl (C=O) groups excluding carboxylic acids is 1. The van der Waals surface area contributed by atoms with Crippen molar-refractivity contribution in [2.75, 3.05) is 0 Å². The monoisotopic (exact) mass is 468 g/mol. The van der Waals surface area contributed by atoms with Crippen molar-refractivity contribution in [3.8, 4) is 11.5 Å². The second-order valence-corrected chi connectivity index (χ2v) is 8.46. The van der Waals surface area contributed by atoms with Gasteiger partial charge >= 0.3 is 0 Å². The number of aromatic hydroxyl groups is 2.